The van der Waals surface area contributed by atoms with E-state index in [1.165, 1.54) is 0 Å². The van der Waals surface area contributed by atoms with E-state index in [9.17, 15) is 0 Å². The van der Waals surface area contributed by atoms with Gasteiger partial charge in [-0.2, -0.15) is 0 Å². The van der Waals surface area contributed by atoms with Gasteiger partial charge in [0, 0.05) is 11.8 Å². The lowest BCUT2D eigenvalue weighted by molar-refractivity contribution is 0.938. The number of anilines is 1. The van der Waals surface area contributed by atoms with Gasteiger partial charge in [0.25, 0.3) is 0 Å². The van der Waals surface area contributed by atoms with Crippen molar-refractivity contribution < 1.29 is 0 Å². The van der Waals surface area contributed by atoms with Crippen molar-refractivity contribution in [3.63, 3.8) is 0 Å². The van der Waals surface area contributed by atoms with Gasteiger partial charge in [0.05, 0.1) is 6.54 Å². The summed E-state index contributed by atoms with van der Waals surface area (Å²) in [5.41, 5.74) is 6.30. The first kappa shape index (κ1) is 8.57. The molecule has 1 aromatic rings. The Labute approximate surface area is 72.0 Å². The van der Waals surface area contributed by atoms with Crippen molar-refractivity contribution in [3.8, 4) is 11.8 Å². The molecule has 0 atom stereocenters. The maximum Gasteiger partial charge on any atom is 0.123 e. The van der Waals surface area contributed by atoms with Crippen LogP contribution in [-0.4, -0.2) is 18.6 Å². The van der Waals surface area contributed by atoms with Crippen molar-refractivity contribution in [2.24, 2.45) is 0 Å². The van der Waals surface area contributed by atoms with Crippen LogP contribution in [0.3, 0.4) is 0 Å². The lowest BCUT2D eigenvalue weighted by Crippen LogP contribution is -2.04. The topological polar surface area (TPSA) is 50.9 Å². The summed E-state index contributed by atoms with van der Waals surface area (Å²) in [4.78, 5) is 3.91. The van der Waals surface area contributed by atoms with Crippen LogP contribution in [0.15, 0.2) is 18.3 Å². The Balaban J connectivity index is 2.66. The van der Waals surface area contributed by atoms with Crippen LogP contribution >= 0.6 is 0 Å². The maximum atomic E-state index is 5.41. The molecule has 1 heterocycles. The van der Waals surface area contributed by atoms with Crippen LogP contribution in [0.25, 0.3) is 0 Å². The van der Waals surface area contributed by atoms with Crippen LogP contribution in [0, 0.1) is 11.8 Å². The molecule has 0 radical (unpaired) electrons. The maximum absolute atomic E-state index is 5.41. The first-order valence-corrected chi connectivity index (χ1v) is 3.68. The highest BCUT2D eigenvalue weighted by Gasteiger charge is 1.86. The number of hydrogen-bond donors (Lipinski definition) is 2. The van der Waals surface area contributed by atoms with E-state index in [1.54, 1.807) is 12.3 Å². The van der Waals surface area contributed by atoms with Crippen LogP contribution in [0.1, 0.15) is 5.56 Å². The summed E-state index contributed by atoms with van der Waals surface area (Å²) < 4.78 is 0. The Hall–Kier alpha value is -1.53. The van der Waals surface area contributed by atoms with Gasteiger partial charge in [-0.05, 0) is 19.2 Å². The van der Waals surface area contributed by atoms with E-state index in [1.807, 2.05) is 13.1 Å². The summed E-state index contributed by atoms with van der Waals surface area (Å²) in [7, 11) is 1.86. The number of nitrogens with one attached hydrogen (secondary N) is 1. The highest BCUT2D eigenvalue weighted by molar-refractivity contribution is 5.37. The zero-order valence-electron chi connectivity index (χ0n) is 6.96. The standard InChI is InChI=1S/C9H11N3/c1-11-6-2-3-8-4-5-9(10)12-7-8/h4-5,7,11H,6H2,1H3,(H2,10,12). The molecule has 0 aromatic carbocycles. The van der Waals surface area contributed by atoms with Gasteiger partial charge in [-0.3, -0.25) is 0 Å². The smallest absolute Gasteiger partial charge is 0.123 e. The van der Waals surface area contributed by atoms with E-state index in [0.29, 0.717) is 12.4 Å². The molecule has 0 bridgehead atoms. The predicted molar refractivity (Wildman–Crippen MR) is 49.5 cm³/mol. The van der Waals surface area contributed by atoms with E-state index < -0.39 is 0 Å². The molecule has 0 aliphatic rings. The van der Waals surface area contributed by atoms with Gasteiger partial charge in [0.15, 0.2) is 0 Å². The summed E-state index contributed by atoms with van der Waals surface area (Å²) in [6.45, 7) is 0.685. The van der Waals surface area contributed by atoms with Crippen molar-refractivity contribution in [2.45, 2.75) is 0 Å². The number of nitrogens with two attached hydrogens (primary N) is 1. The molecule has 3 N–H and O–H groups in total. The van der Waals surface area contributed by atoms with Crippen molar-refractivity contribution in [1.29, 1.82) is 0 Å². The number of nitrogen functional groups attached to an aromatic ring is 1. The molecule has 0 saturated heterocycles. The highest BCUT2D eigenvalue weighted by atomic mass is 14.8. The third-order valence-corrected chi connectivity index (χ3v) is 1.28. The largest absolute Gasteiger partial charge is 0.384 e. The van der Waals surface area contributed by atoms with Crippen LogP contribution in [-0.2, 0) is 0 Å². The van der Waals surface area contributed by atoms with Crippen LogP contribution in [0.5, 0.6) is 0 Å². The van der Waals surface area contributed by atoms with Gasteiger partial charge in [0.2, 0.25) is 0 Å². The van der Waals surface area contributed by atoms with Gasteiger partial charge in [-0.1, -0.05) is 11.8 Å². The van der Waals surface area contributed by atoms with E-state index in [4.69, 9.17) is 5.73 Å². The number of hydrogen-bond acceptors (Lipinski definition) is 3. The fourth-order valence-corrected chi connectivity index (χ4v) is 0.714. The Morgan fingerprint density at radius 2 is 2.42 bits per heavy atom. The Bertz CT molecular complexity index is 292. The van der Waals surface area contributed by atoms with E-state index in [2.05, 4.69) is 22.1 Å². The summed E-state index contributed by atoms with van der Waals surface area (Å²) in [6, 6.07) is 3.59. The third-order valence-electron chi connectivity index (χ3n) is 1.28. The molecule has 0 aliphatic carbocycles. The molecule has 3 nitrogen and oxygen atoms in total. The highest BCUT2D eigenvalue weighted by Crippen LogP contribution is 1.98. The van der Waals surface area contributed by atoms with E-state index in [-0.39, 0.29) is 0 Å². The minimum atomic E-state index is 0.522. The molecule has 0 spiro atoms. The molecule has 0 amide bonds. The molecule has 62 valence electrons. The van der Waals surface area contributed by atoms with Crippen molar-refractivity contribution in [1.82, 2.24) is 10.3 Å². The average Bonchev–Trinajstić information content (AvgIpc) is 2.09. The van der Waals surface area contributed by atoms with Gasteiger partial charge in [-0.25, -0.2) is 4.98 Å². The quantitative estimate of drug-likeness (QED) is 0.580. The second-order valence-corrected chi connectivity index (χ2v) is 2.30. The average molecular weight is 161 g/mol. The SMILES string of the molecule is CNCC#Cc1ccc(N)nc1. The Morgan fingerprint density at radius 3 is 3.00 bits per heavy atom. The lowest BCUT2D eigenvalue weighted by atomic mass is 10.3. The summed E-state index contributed by atoms with van der Waals surface area (Å²) in [6.07, 6.45) is 1.66. The van der Waals surface area contributed by atoms with Crippen molar-refractivity contribution >= 4 is 5.82 Å². The van der Waals surface area contributed by atoms with E-state index in [0.717, 1.165) is 5.56 Å². The zero-order valence-corrected chi connectivity index (χ0v) is 6.96. The second kappa shape index (κ2) is 4.37. The van der Waals surface area contributed by atoms with Gasteiger partial charge >= 0.3 is 0 Å². The first-order chi connectivity index (χ1) is 5.83. The molecule has 0 fully saturated rings. The van der Waals surface area contributed by atoms with Crippen molar-refractivity contribution in [3.05, 3.63) is 23.9 Å². The minimum Gasteiger partial charge on any atom is -0.384 e. The molecule has 3 heteroatoms. The first-order valence-electron chi connectivity index (χ1n) is 3.68. The molecule has 1 aromatic heterocycles. The minimum absolute atomic E-state index is 0.522. The van der Waals surface area contributed by atoms with Gasteiger partial charge < -0.3 is 11.1 Å². The third kappa shape index (κ3) is 2.60. The van der Waals surface area contributed by atoms with Crippen LogP contribution in [0.4, 0.5) is 5.82 Å². The van der Waals surface area contributed by atoms with Gasteiger partial charge in [-0.15, -0.1) is 0 Å². The second-order valence-electron chi connectivity index (χ2n) is 2.30. The van der Waals surface area contributed by atoms with Gasteiger partial charge in [0.1, 0.15) is 5.82 Å². The van der Waals surface area contributed by atoms with Crippen LogP contribution < -0.4 is 11.1 Å². The number of nitrogens with zero attached hydrogens (tertiary/aromatic N) is 1. The molecule has 0 unspecified atom stereocenters. The number of pyridine rings is 1. The fourth-order valence-electron chi connectivity index (χ4n) is 0.714. The summed E-state index contributed by atoms with van der Waals surface area (Å²) in [5.74, 6) is 6.39. The lowest BCUT2D eigenvalue weighted by Gasteiger charge is -1.90. The number of rotatable bonds is 1. The Kier molecular flexibility index (Phi) is 3.12. The molecular weight excluding hydrogens is 150 g/mol. The molecule has 0 saturated carbocycles. The molecule has 0 aliphatic heterocycles. The zero-order chi connectivity index (χ0) is 8.81. The monoisotopic (exact) mass is 161 g/mol. The molecule has 1 rings (SSSR count). The number of aromatic nitrogens is 1. The summed E-state index contributed by atoms with van der Waals surface area (Å²) in [5, 5.41) is 2.93. The molecule has 12 heavy (non-hydrogen) atoms. The Morgan fingerprint density at radius 1 is 1.58 bits per heavy atom. The fraction of sp³-hybridized carbons (Fsp3) is 0.222. The normalized spacial score (nSPS) is 8.75. The summed E-state index contributed by atoms with van der Waals surface area (Å²) >= 11 is 0. The predicted octanol–water partition coefficient (Wildman–Crippen LogP) is 0.235. The van der Waals surface area contributed by atoms with E-state index >= 15 is 0 Å². The van der Waals surface area contributed by atoms with Crippen LogP contribution in [0.2, 0.25) is 0 Å². The van der Waals surface area contributed by atoms with Crippen molar-refractivity contribution in [2.75, 3.05) is 19.3 Å². The molecular formula is C9H11N3.